The monoisotopic (exact) mass is 329 g/mol. The molecule has 1 aromatic carbocycles. The van der Waals surface area contributed by atoms with Crippen LogP contribution < -0.4 is 0 Å². The van der Waals surface area contributed by atoms with Gasteiger partial charge in [0.05, 0.1) is 4.92 Å². The number of carbonyl (C=O) groups excluding carboxylic acids is 1. The van der Waals surface area contributed by atoms with E-state index < -0.39 is 0 Å². The van der Waals surface area contributed by atoms with Crippen molar-refractivity contribution in [3.63, 3.8) is 0 Å². The highest BCUT2D eigenvalue weighted by Crippen LogP contribution is 2.30. The summed E-state index contributed by atoms with van der Waals surface area (Å²) in [6.45, 7) is 4.57. The molecule has 3 rings (SSSR count). The number of carbonyl (C=O) groups is 1. The molecule has 0 saturated carbocycles. The van der Waals surface area contributed by atoms with Crippen LogP contribution in [-0.2, 0) is 4.79 Å². The van der Waals surface area contributed by atoms with Gasteiger partial charge in [0.2, 0.25) is 5.91 Å². The summed E-state index contributed by atoms with van der Waals surface area (Å²) in [4.78, 5) is 27.0. The summed E-state index contributed by atoms with van der Waals surface area (Å²) in [5.74, 6) is 0.272. The first kappa shape index (κ1) is 16.6. The quantitative estimate of drug-likeness (QED) is 0.615. The molecule has 2 atom stereocenters. The lowest BCUT2D eigenvalue weighted by Gasteiger charge is -2.40. The second-order valence-corrected chi connectivity index (χ2v) is 6.51. The molecule has 2 fully saturated rings. The first-order valence-corrected chi connectivity index (χ1v) is 8.53. The van der Waals surface area contributed by atoms with E-state index in [1.165, 1.54) is 6.07 Å². The Labute approximate surface area is 141 Å². The van der Waals surface area contributed by atoms with E-state index in [-0.39, 0.29) is 16.5 Å². The van der Waals surface area contributed by atoms with Crippen LogP contribution in [0.5, 0.6) is 0 Å². The summed E-state index contributed by atoms with van der Waals surface area (Å²) >= 11 is 0. The fraction of sp³-hybridized carbons (Fsp3) is 0.500. The van der Waals surface area contributed by atoms with Crippen LogP contribution in [0.25, 0.3) is 6.08 Å². The van der Waals surface area contributed by atoms with E-state index in [9.17, 15) is 14.9 Å². The maximum absolute atomic E-state index is 12.1. The molecule has 2 saturated heterocycles. The highest BCUT2D eigenvalue weighted by Gasteiger charge is 2.41. The van der Waals surface area contributed by atoms with Crippen molar-refractivity contribution in [2.24, 2.45) is 0 Å². The van der Waals surface area contributed by atoms with E-state index in [0.717, 1.165) is 38.0 Å². The number of nitrogens with zero attached hydrogens (tertiary/aromatic N) is 3. The molecule has 0 spiro atoms. The number of piperazine rings is 1. The lowest BCUT2D eigenvalue weighted by atomic mass is 10.1. The Morgan fingerprint density at radius 2 is 2.04 bits per heavy atom. The third-order valence-electron chi connectivity index (χ3n) is 4.90. The molecular weight excluding hydrogens is 306 g/mol. The molecule has 0 aliphatic carbocycles. The molecule has 1 amide bonds. The van der Waals surface area contributed by atoms with Crippen molar-refractivity contribution in [2.75, 3.05) is 19.6 Å². The lowest BCUT2D eigenvalue weighted by Crippen LogP contribution is -2.55. The Balaban J connectivity index is 1.58. The molecule has 6 nitrogen and oxygen atoms in total. The minimum Gasteiger partial charge on any atom is -0.334 e. The van der Waals surface area contributed by atoms with E-state index >= 15 is 0 Å². The highest BCUT2D eigenvalue weighted by atomic mass is 16.6. The second kappa shape index (κ2) is 7.13. The molecule has 0 aromatic heterocycles. The minimum absolute atomic E-state index is 0.113. The van der Waals surface area contributed by atoms with Crippen LogP contribution in [0.4, 0.5) is 5.69 Å². The van der Waals surface area contributed by atoms with Gasteiger partial charge >= 0.3 is 0 Å². The van der Waals surface area contributed by atoms with Crippen molar-refractivity contribution in [3.05, 3.63) is 46.0 Å². The standard InChI is InChI=1S/C18H23N3O3/c1-2-18(22)20-16-8-9-17(20)13-19(12-16)10-4-6-14-5-3-7-15(11-14)21(23)24/h3-7,11,16-17H,2,8-10,12-13H2,1H3/b6-4-. The summed E-state index contributed by atoms with van der Waals surface area (Å²) in [5.41, 5.74) is 0.953. The molecule has 2 unspecified atom stereocenters. The number of rotatable bonds is 5. The number of fused-ring (bicyclic) bond motifs is 2. The van der Waals surface area contributed by atoms with Crippen molar-refractivity contribution >= 4 is 17.7 Å². The molecule has 0 radical (unpaired) electrons. The van der Waals surface area contributed by atoms with Crippen molar-refractivity contribution in [1.82, 2.24) is 9.80 Å². The Kier molecular flexibility index (Phi) is 4.94. The molecule has 1 aromatic rings. The van der Waals surface area contributed by atoms with Crippen LogP contribution in [0.2, 0.25) is 0 Å². The van der Waals surface area contributed by atoms with Gasteiger partial charge in [0, 0.05) is 50.3 Å². The van der Waals surface area contributed by atoms with Gasteiger partial charge in [-0.2, -0.15) is 0 Å². The first-order chi connectivity index (χ1) is 11.6. The maximum atomic E-state index is 12.1. The smallest absolute Gasteiger partial charge is 0.270 e. The van der Waals surface area contributed by atoms with E-state index in [1.807, 2.05) is 19.1 Å². The largest absolute Gasteiger partial charge is 0.334 e. The van der Waals surface area contributed by atoms with E-state index in [4.69, 9.17) is 0 Å². The van der Waals surface area contributed by atoms with E-state index in [0.29, 0.717) is 18.5 Å². The van der Waals surface area contributed by atoms with Crippen LogP contribution in [0, 0.1) is 10.1 Å². The fourth-order valence-corrected chi connectivity index (χ4v) is 3.81. The van der Waals surface area contributed by atoms with Crippen molar-refractivity contribution in [1.29, 1.82) is 0 Å². The van der Waals surface area contributed by atoms with Crippen LogP contribution in [0.3, 0.4) is 0 Å². The number of amides is 1. The summed E-state index contributed by atoms with van der Waals surface area (Å²) in [7, 11) is 0. The minimum atomic E-state index is -0.376. The van der Waals surface area contributed by atoms with Gasteiger partial charge in [-0.05, 0) is 18.4 Å². The van der Waals surface area contributed by atoms with Gasteiger partial charge < -0.3 is 4.90 Å². The second-order valence-electron chi connectivity index (χ2n) is 6.51. The van der Waals surface area contributed by atoms with E-state index in [1.54, 1.807) is 12.1 Å². The maximum Gasteiger partial charge on any atom is 0.270 e. The van der Waals surface area contributed by atoms with E-state index in [2.05, 4.69) is 15.9 Å². The lowest BCUT2D eigenvalue weighted by molar-refractivity contribution is -0.384. The Morgan fingerprint density at radius 1 is 1.33 bits per heavy atom. The molecule has 128 valence electrons. The van der Waals surface area contributed by atoms with Gasteiger partial charge in [-0.1, -0.05) is 31.2 Å². The summed E-state index contributed by atoms with van der Waals surface area (Å²) in [6, 6.07) is 7.35. The predicted molar refractivity (Wildman–Crippen MR) is 92.5 cm³/mol. The number of non-ortho nitro benzene ring substituents is 1. The zero-order valence-electron chi connectivity index (χ0n) is 13.9. The number of hydrogen-bond donors (Lipinski definition) is 0. The Bertz CT molecular complexity index is 645. The third kappa shape index (κ3) is 3.48. The Hall–Kier alpha value is -2.21. The fourth-order valence-electron chi connectivity index (χ4n) is 3.81. The average molecular weight is 329 g/mol. The van der Waals surface area contributed by atoms with Crippen LogP contribution in [-0.4, -0.2) is 52.3 Å². The summed E-state index contributed by atoms with van der Waals surface area (Å²) < 4.78 is 0. The number of nitro benzene ring substituents is 1. The van der Waals surface area contributed by atoms with Crippen molar-refractivity contribution in [3.8, 4) is 0 Å². The summed E-state index contributed by atoms with van der Waals surface area (Å²) in [6.07, 6.45) is 6.76. The number of nitro groups is 1. The van der Waals surface area contributed by atoms with Gasteiger partial charge in [-0.25, -0.2) is 0 Å². The zero-order chi connectivity index (χ0) is 17.1. The SMILES string of the molecule is CCC(=O)N1C2CCC1CN(C/C=C\c1cccc([N+](=O)[O-])c1)C2. The number of likely N-dealkylation sites (tertiary alicyclic amines) is 1. The predicted octanol–water partition coefficient (Wildman–Crippen LogP) is 2.69. The number of benzene rings is 1. The van der Waals surface area contributed by atoms with Crippen molar-refractivity contribution < 1.29 is 9.72 Å². The molecule has 24 heavy (non-hydrogen) atoms. The molecule has 2 aliphatic rings. The average Bonchev–Trinajstić information content (AvgIpc) is 2.85. The third-order valence-corrected chi connectivity index (χ3v) is 4.90. The Morgan fingerprint density at radius 3 is 2.67 bits per heavy atom. The molecule has 2 bridgehead atoms. The molecular formula is C18H23N3O3. The van der Waals surface area contributed by atoms with Gasteiger partial charge in [0.15, 0.2) is 0 Å². The highest BCUT2D eigenvalue weighted by molar-refractivity contribution is 5.77. The van der Waals surface area contributed by atoms with Crippen LogP contribution >= 0.6 is 0 Å². The van der Waals surface area contributed by atoms with Crippen LogP contribution in [0.1, 0.15) is 31.7 Å². The van der Waals surface area contributed by atoms with Gasteiger partial charge in [-0.3, -0.25) is 19.8 Å². The van der Waals surface area contributed by atoms with Gasteiger partial charge in [-0.15, -0.1) is 0 Å². The topological polar surface area (TPSA) is 66.7 Å². The molecule has 2 heterocycles. The van der Waals surface area contributed by atoms with Crippen LogP contribution in [0.15, 0.2) is 30.3 Å². The zero-order valence-corrected chi connectivity index (χ0v) is 13.9. The van der Waals surface area contributed by atoms with Gasteiger partial charge in [0.1, 0.15) is 0 Å². The molecule has 2 aliphatic heterocycles. The molecule has 0 N–H and O–H groups in total. The number of hydrogen-bond acceptors (Lipinski definition) is 4. The van der Waals surface area contributed by atoms with Crippen molar-refractivity contribution in [2.45, 2.75) is 38.3 Å². The normalized spacial score (nSPS) is 23.8. The summed E-state index contributed by atoms with van der Waals surface area (Å²) in [5, 5.41) is 10.8. The van der Waals surface area contributed by atoms with Gasteiger partial charge in [0.25, 0.3) is 5.69 Å². The first-order valence-electron chi connectivity index (χ1n) is 8.53. The molecule has 6 heteroatoms.